The summed E-state index contributed by atoms with van der Waals surface area (Å²) in [6.45, 7) is 3.23. The molecule has 0 radical (unpaired) electrons. The molecule has 2 fully saturated rings. The van der Waals surface area contributed by atoms with E-state index in [1.807, 2.05) is 6.07 Å². The molecular weight excluding hydrogens is 400 g/mol. The number of nitrogens with one attached hydrogen (secondary N) is 1. The van der Waals surface area contributed by atoms with Crippen LogP contribution in [0.2, 0.25) is 0 Å². The maximum atomic E-state index is 12.9. The summed E-state index contributed by atoms with van der Waals surface area (Å²) in [4.78, 5) is 19.7. The smallest absolute Gasteiger partial charge is 0.255 e. The average molecular weight is 429 g/mol. The van der Waals surface area contributed by atoms with E-state index in [-0.39, 0.29) is 17.3 Å². The highest BCUT2D eigenvalue weighted by Gasteiger charge is 2.26. The summed E-state index contributed by atoms with van der Waals surface area (Å²) < 4.78 is 27.4. The van der Waals surface area contributed by atoms with Gasteiger partial charge in [0.1, 0.15) is 5.82 Å². The molecule has 2 aliphatic heterocycles. The number of nitrogens with zero attached hydrogens (tertiary/aromatic N) is 3. The summed E-state index contributed by atoms with van der Waals surface area (Å²) in [7, 11) is -3.49. The lowest BCUT2D eigenvalue weighted by molar-refractivity contribution is 0.0951. The van der Waals surface area contributed by atoms with Crippen molar-refractivity contribution in [1.82, 2.24) is 14.6 Å². The van der Waals surface area contributed by atoms with Crippen molar-refractivity contribution in [3.63, 3.8) is 0 Å². The van der Waals surface area contributed by atoms with Gasteiger partial charge in [0.25, 0.3) is 5.91 Å². The Hall–Kier alpha value is -2.45. The number of sulfonamides is 1. The number of hydrogen-bond donors (Lipinski definition) is 1. The number of pyridine rings is 1. The molecule has 160 valence electrons. The van der Waals surface area contributed by atoms with E-state index >= 15 is 0 Å². The summed E-state index contributed by atoms with van der Waals surface area (Å²) in [5, 5.41) is 2.92. The highest BCUT2D eigenvalue weighted by Crippen LogP contribution is 2.23. The number of carbonyl (C=O) groups is 1. The fourth-order valence-electron chi connectivity index (χ4n) is 4.10. The van der Waals surface area contributed by atoms with Crippen molar-refractivity contribution in [2.24, 2.45) is 0 Å². The SMILES string of the molecule is O=C(NCc1cccc(S(=O)(=O)N2CCCCC2)c1)c1cccnc1N1CCCC1. The number of piperidine rings is 1. The number of anilines is 1. The first-order valence-electron chi connectivity index (χ1n) is 10.6. The lowest BCUT2D eigenvalue weighted by Gasteiger charge is -2.26. The Morgan fingerprint density at radius 2 is 1.70 bits per heavy atom. The van der Waals surface area contributed by atoms with E-state index in [0.29, 0.717) is 24.5 Å². The first kappa shape index (κ1) is 20.8. The van der Waals surface area contributed by atoms with Crippen LogP contribution in [0.5, 0.6) is 0 Å². The van der Waals surface area contributed by atoms with E-state index in [0.717, 1.165) is 50.8 Å². The van der Waals surface area contributed by atoms with Crippen LogP contribution in [0.15, 0.2) is 47.5 Å². The second kappa shape index (κ2) is 9.14. The van der Waals surface area contributed by atoms with Gasteiger partial charge in [-0.15, -0.1) is 0 Å². The van der Waals surface area contributed by atoms with Gasteiger partial charge in [0.2, 0.25) is 10.0 Å². The number of hydrogen-bond acceptors (Lipinski definition) is 5. The quantitative estimate of drug-likeness (QED) is 0.765. The Bertz CT molecular complexity index is 997. The van der Waals surface area contributed by atoms with E-state index < -0.39 is 10.0 Å². The van der Waals surface area contributed by atoms with Crippen LogP contribution in [0.4, 0.5) is 5.82 Å². The second-order valence-electron chi connectivity index (χ2n) is 7.86. The number of benzene rings is 1. The first-order chi connectivity index (χ1) is 14.6. The van der Waals surface area contributed by atoms with E-state index in [9.17, 15) is 13.2 Å². The maximum Gasteiger partial charge on any atom is 0.255 e. The van der Waals surface area contributed by atoms with Crippen molar-refractivity contribution < 1.29 is 13.2 Å². The van der Waals surface area contributed by atoms with Crippen molar-refractivity contribution in [2.45, 2.75) is 43.5 Å². The predicted octanol–water partition coefficient (Wildman–Crippen LogP) is 2.79. The average Bonchev–Trinajstić information content (AvgIpc) is 3.33. The van der Waals surface area contributed by atoms with Gasteiger partial charge in [0.15, 0.2) is 0 Å². The van der Waals surface area contributed by atoms with E-state index in [1.54, 1.807) is 40.8 Å². The van der Waals surface area contributed by atoms with E-state index in [2.05, 4.69) is 15.2 Å². The molecular formula is C22H28N4O3S. The molecule has 0 atom stereocenters. The topological polar surface area (TPSA) is 82.6 Å². The Labute approximate surface area is 178 Å². The molecule has 2 aliphatic rings. The Morgan fingerprint density at radius 1 is 0.967 bits per heavy atom. The van der Waals surface area contributed by atoms with Crippen LogP contribution in [-0.4, -0.2) is 49.8 Å². The molecule has 8 heteroatoms. The monoisotopic (exact) mass is 428 g/mol. The fraction of sp³-hybridized carbons (Fsp3) is 0.455. The molecule has 0 aliphatic carbocycles. The molecule has 2 saturated heterocycles. The molecule has 1 amide bonds. The van der Waals surface area contributed by atoms with Crippen molar-refractivity contribution in [3.8, 4) is 0 Å². The Kier molecular flexibility index (Phi) is 6.34. The molecule has 1 N–H and O–H groups in total. The summed E-state index contributed by atoms with van der Waals surface area (Å²) in [5.41, 5.74) is 1.31. The van der Waals surface area contributed by atoms with Crippen LogP contribution < -0.4 is 10.2 Å². The second-order valence-corrected chi connectivity index (χ2v) is 9.80. The summed E-state index contributed by atoms with van der Waals surface area (Å²) in [6.07, 6.45) is 6.80. The highest BCUT2D eigenvalue weighted by atomic mass is 32.2. The summed E-state index contributed by atoms with van der Waals surface area (Å²) in [6, 6.07) is 10.4. The van der Waals surface area contributed by atoms with Gasteiger partial charge in [-0.1, -0.05) is 18.6 Å². The Balaban J connectivity index is 1.46. The third-order valence-electron chi connectivity index (χ3n) is 5.74. The number of carbonyl (C=O) groups excluding carboxylic acids is 1. The molecule has 0 saturated carbocycles. The summed E-state index contributed by atoms with van der Waals surface area (Å²) >= 11 is 0. The lowest BCUT2D eigenvalue weighted by Crippen LogP contribution is -2.35. The van der Waals surface area contributed by atoms with Gasteiger partial charge in [-0.25, -0.2) is 13.4 Å². The first-order valence-corrected chi connectivity index (χ1v) is 12.1. The van der Waals surface area contributed by atoms with Crippen molar-refractivity contribution in [1.29, 1.82) is 0 Å². The van der Waals surface area contributed by atoms with Crippen LogP contribution in [0.3, 0.4) is 0 Å². The third-order valence-corrected chi connectivity index (χ3v) is 7.64. The molecule has 0 bridgehead atoms. The molecule has 3 heterocycles. The van der Waals surface area contributed by atoms with Crippen LogP contribution in [0.25, 0.3) is 0 Å². The highest BCUT2D eigenvalue weighted by molar-refractivity contribution is 7.89. The molecule has 1 aromatic carbocycles. The maximum absolute atomic E-state index is 12.9. The van der Waals surface area contributed by atoms with E-state index in [1.165, 1.54) is 0 Å². The standard InChI is InChI=1S/C22H28N4O3S/c27-22(20-10-7-11-23-21(20)25-12-4-5-13-25)24-17-18-8-6-9-19(16-18)30(28,29)26-14-2-1-3-15-26/h6-11,16H,1-5,12-15,17H2,(H,24,27). The largest absolute Gasteiger partial charge is 0.356 e. The number of rotatable bonds is 6. The zero-order valence-corrected chi connectivity index (χ0v) is 17.9. The minimum absolute atomic E-state index is 0.200. The van der Waals surface area contributed by atoms with Gasteiger partial charge >= 0.3 is 0 Å². The van der Waals surface area contributed by atoms with Crippen LogP contribution in [-0.2, 0) is 16.6 Å². The third kappa shape index (κ3) is 4.49. The summed E-state index contributed by atoms with van der Waals surface area (Å²) in [5.74, 6) is 0.517. The van der Waals surface area contributed by atoms with Gasteiger partial charge in [-0.2, -0.15) is 4.31 Å². The van der Waals surface area contributed by atoms with Crippen molar-refractivity contribution in [2.75, 3.05) is 31.1 Å². The van der Waals surface area contributed by atoms with Gasteiger partial charge < -0.3 is 10.2 Å². The van der Waals surface area contributed by atoms with E-state index in [4.69, 9.17) is 0 Å². The Morgan fingerprint density at radius 3 is 2.47 bits per heavy atom. The molecule has 4 rings (SSSR count). The molecule has 2 aromatic rings. The lowest BCUT2D eigenvalue weighted by atomic mass is 10.2. The number of aromatic nitrogens is 1. The molecule has 7 nitrogen and oxygen atoms in total. The van der Waals surface area contributed by atoms with Crippen LogP contribution >= 0.6 is 0 Å². The van der Waals surface area contributed by atoms with Gasteiger partial charge in [-0.3, -0.25) is 4.79 Å². The van der Waals surface area contributed by atoms with Crippen LogP contribution in [0, 0.1) is 0 Å². The van der Waals surface area contributed by atoms with Crippen molar-refractivity contribution >= 4 is 21.7 Å². The zero-order chi connectivity index (χ0) is 21.0. The molecule has 30 heavy (non-hydrogen) atoms. The molecule has 1 aromatic heterocycles. The minimum atomic E-state index is -3.49. The fourth-order valence-corrected chi connectivity index (χ4v) is 5.69. The number of amides is 1. The van der Waals surface area contributed by atoms with Crippen molar-refractivity contribution in [3.05, 3.63) is 53.7 Å². The van der Waals surface area contributed by atoms with Crippen LogP contribution in [0.1, 0.15) is 48.0 Å². The van der Waals surface area contributed by atoms with Gasteiger partial charge in [0.05, 0.1) is 10.5 Å². The normalized spacial score (nSPS) is 17.8. The van der Waals surface area contributed by atoms with Gasteiger partial charge in [0, 0.05) is 38.9 Å². The minimum Gasteiger partial charge on any atom is -0.356 e. The predicted molar refractivity (Wildman–Crippen MR) is 116 cm³/mol. The van der Waals surface area contributed by atoms with Gasteiger partial charge in [-0.05, 0) is 55.5 Å². The molecule has 0 unspecified atom stereocenters. The zero-order valence-electron chi connectivity index (χ0n) is 17.1. The molecule has 0 spiro atoms.